The molecule has 0 unspecified atom stereocenters. The molecule has 0 bridgehead atoms. The average molecular weight is 259 g/mol. The maximum Gasteiger partial charge on any atom is 0.134 e. The third kappa shape index (κ3) is 2.47. The van der Waals surface area contributed by atoms with Crippen LogP contribution in [0.1, 0.15) is 69.0 Å². The number of hydrogen-bond acceptors (Lipinski definition) is 3. The Morgan fingerprint density at radius 1 is 1.05 bits per heavy atom. The van der Waals surface area contributed by atoms with E-state index in [1.807, 2.05) is 0 Å². The standard InChI is InChI=1S/C16H25N3/c1-10(2)11-6-8-12(9-7-11)16-18-14-5-3-4-13(14)15(17)19-16/h10-12H,3-9H2,1-2H3,(H2,17,18,19). The van der Waals surface area contributed by atoms with Crippen LogP contribution in [0.3, 0.4) is 0 Å². The van der Waals surface area contributed by atoms with Gasteiger partial charge in [-0.3, -0.25) is 0 Å². The summed E-state index contributed by atoms with van der Waals surface area (Å²) in [5.41, 5.74) is 8.56. The van der Waals surface area contributed by atoms with Crippen molar-refractivity contribution in [2.45, 2.75) is 64.7 Å². The van der Waals surface area contributed by atoms with Crippen LogP contribution in [0.4, 0.5) is 5.82 Å². The lowest BCUT2D eigenvalue weighted by Gasteiger charge is -2.30. The van der Waals surface area contributed by atoms with E-state index in [4.69, 9.17) is 10.7 Å². The van der Waals surface area contributed by atoms with Gasteiger partial charge in [0.25, 0.3) is 0 Å². The zero-order valence-electron chi connectivity index (χ0n) is 12.2. The van der Waals surface area contributed by atoms with Gasteiger partial charge >= 0.3 is 0 Å². The number of rotatable bonds is 2. The van der Waals surface area contributed by atoms with Crippen LogP contribution in [0.15, 0.2) is 0 Å². The van der Waals surface area contributed by atoms with Crippen LogP contribution < -0.4 is 5.73 Å². The molecule has 0 radical (unpaired) electrons. The summed E-state index contributed by atoms with van der Waals surface area (Å²) in [5, 5.41) is 0. The number of aromatic nitrogens is 2. The molecule has 1 fully saturated rings. The van der Waals surface area contributed by atoms with Gasteiger partial charge in [0, 0.05) is 17.2 Å². The Morgan fingerprint density at radius 2 is 1.79 bits per heavy atom. The molecule has 2 aliphatic carbocycles. The van der Waals surface area contributed by atoms with Crippen LogP contribution in [0.25, 0.3) is 0 Å². The lowest BCUT2D eigenvalue weighted by Crippen LogP contribution is -2.19. The van der Waals surface area contributed by atoms with Gasteiger partial charge in [-0.05, 0) is 56.8 Å². The first-order valence-electron chi connectivity index (χ1n) is 7.80. The van der Waals surface area contributed by atoms with E-state index in [2.05, 4.69) is 18.8 Å². The maximum atomic E-state index is 6.10. The zero-order chi connectivity index (χ0) is 13.4. The maximum absolute atomic E-state index is 6.10. The molecule has 104 valence electrons. The molecular weight excluding hydrogens is 234 g/mol. The van der Waals surface area contributed by atoms with E-state index in [0.29, 0.717) is 5.92 Å². The number of anilines is 1. The molecule has 2 aliphatic rings. The van der Waals surface area contributed by atoms with Crippen molar-refractivity contribution in [1.29, 1.82) is 0 Å². The third-order valence-corrected chi connectivity index (χ3v) is 5.06. The summed E-state index contributed by atoms with van der Waals surface area (Å²) in [7, 11) is 0. The SMILES string of the molecule is CC(C)C1CCC(c2nc(N)c3c(n2)CCC3)CC1. The Kier molecular flexibility index (Phi) is 3.46. The fraction of sp³-hybridized carbons (Fsp3) is 0.750. The van der Waals surface area contributed by atoms with Gasteiger partial charge in [-0.2, -0.15) is 0 Å². The van der Waals surface area contributed by atoms with Crippen molar-refractivity contribution in [2.24, 2.45) is 11.8 Å². The molecule has 1 aromatic heterocycles. The van der Waals surface area contributed by atoms with E-state index >= 15 is 0 Å². The molecule has 0 aromatic carbocycles. The molecule has 1 heterocycles. The van der Waals surface area contributed by atoms with E-state index in [0.717, 1.165) is 36.3 Å². The summed E-state index contributed by atoms with van der Waals surface area (Å²) >= 11 is 0. The minimum absolute atomic E-state index is 0.545. The molecule has 0 saturated heterocycles. The second-order valence-electron chi connectivity index (χ2n) is 6.60. The summed E-state index contributed by atoms with van der Waals surface area (Å²) in [6.07, 6.45) is 8.48. The van der Waals surface area contributed by atoms with Crippen LogP contribution in [-0.2, 0) is 12.8 Å². The lowest BCUT2D eigenvalue weighted by molar-refractivity contribution is 0.254. The zero-order valence-corrected chi connectivity index (χ0v) is 12.2. The third-order valence-electron chi connectivity index (χ3n) is 5.06. The molecule has 0 spiro atoms. The fourth-order valence-electron chi connectivity index (χ4n) is 3.71. The second kappa shape index (κ2) is 5.10. The van der Waals surface area contributed by atoms with Gasteiger partial charge < -0.3 is 5.73 Å². The number of fused-ring (bicyclic) bond motifs is 1. The van der Waals surface area contributed by atoms with Gasteiger partial charge in [-0.25, -0.2) is 9.97 Å². The smallest absolute Gasteiger partial charge is 0.134 e. The quantitative estimate of drug-likeness (QED) is 0.884. The van der Waals surface area contributed by atoms with Crippen molar-refractivity contribution >= 4 is 5.82 Å². The predicted octanol–water partition coefficient (Wildman–Crippen LogP) is 3.48. The first-order chi connectivity index (χ1) is 9.15. The molecule has 19 heavy (non-hydrogen) atoms. The molecule has 0 atom stereocenters. The number of aryl methyl sites for hydroxylation is 1. The van der Waals surface area contributed by atoms with Crippen molar-refractivity contribution in [3.05, 3.63) is 17.1 Å². The Labute approximate surface area is 116 Å². The number of nitrogen functional groups attached to an aromatic ring is 1. The summed E-state index contributed by atoms with van der Waals surface area (Å²) in [6, 6.07) is 0. The minimum atomic E-state index is 0.545. The van der Waals surface area contributed by atoms with Gasteiger partial charge in [0.05, 0.1) is 0 Å². The van der Waals surface area contributed by atoms with Crippen molar-refractivity contribution in [3.63, 3.8) is 0 Å². The first kappa shape index (κ1) is 12.9. The number of nitrogens with zero attached hydrogens (tertiary/aromatic N) is 2. The van der Waals surface area contributed by atoms with Crippen LogP contribution in [-0.4, -0.2) is 9.97 Å². The van der Waals surface area contributed by atoms with Gasteiger partial charge in [0.15, 0.2) is 0 Å². The largest absolute Gasteiger partial charge is 0.383 e. The van der Waals surface area contributed by atoms with E-state index in [-0.39, 0.29) is 0 Å². The van der Waals surface area contributed by atoms with E-state index < -0.39 is 0 Å². The van der Waals surface area contributed by atoms with Gasteiger partial charge in [-0.1, -0.05) is 13.8 Å². The van der Waals surface area contributed by atoms with E-state index in [9.17, 15) is 0 Å². The molecule has 0 amide bonds. The summed E-state index contributed by atoms with van der Waals surface area (Å²) in [4.78, 5) is 9.42. The second-order valence-corrected chi connectivity index (χ2v) is 6.60. The summed E-state index contributed by atoms with van der Waals surface area (Å²) in [5.74, 6) is 4.03. The van der Waals surface area contributed by atoms with E-state index in [1.165, 1.54) is 43.4 Å². The Balaban J connectivity index is 1.75. The Bertz CT molecular complexity index is 459. The number of nitrogens with two attached hydrogens (primary N) is 1. The highest BCUT2D eigenvalue weighted by Gasteiger charge is 2.27. The molecule has 2 N–H and O–H groups in total. The average Bonchev–Trinajstić information content (AvgIpc) is 2.87. The molecule has 3 rings (SSSR count). The predicted molar refractivity (Wildman–Crippen MR) is 78.0 cm³/mol. The monoisotopic (exact) mass is 259 g/mol. The van der Waals surface area contributed by atoms with Crippen LogP contribution in [0, 0.1) is 11.8 Å². The van der Waals surface area contributed by atoms with Crippen molar-refractivity contribution in [3.8, 4) is 0 Å². The lowest BCUT2D eigenvalue weighted by atomic mass is 9.76. The molecular formula is C16H25N3. The Hall–Kier alpha value is -1.12. The first-order valence-corrected chi connectivity index (χ1v) is 7.80. The number of hydrogen-bond donors (Lipinski definition) is 1. The van der Waals surface area contributed by atoms with Crippen molar-refractivity contribution in [2.75, 3.05) is 5.73 Å². The summed E-state index contributed by atoms with van der Waals surface area (Å²) < 4.78 is 0. The van der Waals surface area contributed by atoms with Crippen molar-refractivity contribution in [1.82, 2.24) is 9.97 Å². The highest BCUT2D eigenvalue weighted by atomic mass is 15.0. The molecule has 0 aliphatic heterocycles. The normalized spacial score (nSPS) is 26.7. The molecule has 1 aromatic rings. The molecule has 1 saturated carbocycles. The highest BCUT2D eigenvalue weighted by molar-refractivity contribution is 5.45. The van der Waals surface area contributed by atoms with Crippen LogP contribution in [0.2, 0.25) is 0 Å². The highest BCUT2D eigenvalue weighted by Crippen LogP contribution is 2.38. The van der Waals surface area contributed by atoms with E-state index in [1.54, 1.807) is 0 Å². The van der Waals surface area contributed by atoms with Crippen LogP contribution >= 0.6 is 0 Å². The molecule has 3 heteroatoms. The van der Waals surface area contributed by atoms with Gasteiger partial charge in [0.2, 0.25) is 0 Å². The van der Waals surface area contributed by atoms with Gasteiger partial charge in [-0.15, -0.1) is 0 Å². The van der Waals surface area contributed by atoms with Crippen molar-refractivity contribution < 1.29 is 0 Å². The van der Waals surface area contributed by atoms with Crippen LogP contribution in [0.5, 0.6) is 0 Å². The Morgan fingerprint density at radius 3 is 2.47 bits per heavy atom. The minimum Gasteiger partial charge on any atom is -0.383 e. The summed E-state index contributed by atoms with van der Waals surface area (Å²) in [6.45, 7) is 4.68. The molecule has 3 nitrogen and oxygen atoms in total. The topological polar surface area (TPSA) is 51.8 Å². The fourth-order valence-corrected chi connectivity index (χ4v) is 3.71. The van der Waals surface area contributed by atoms with Gasteiger partial charge in [0.1, 0.15) is 11.6 Å².